The summed E-state index contributed by atoms with van der Waals surface area (Å²) in [6, 6.07) is 10.9. The molecule has 1 aliphatic heterocycles. The number of amides is 1. The Labute approximate surface area is 178 Å². The number of aromatic amines is 1. The molecule has 1 aromatic carbocycles. The SMILES string of the molecule is N=C1SC(=Cc2cn[nH]c2-c2ccc(Cl)cc2)C(=O)N1c1nonc1-n1cccc1. The first-order valence-electron chi connectivity index (χ1n) is 8.69. The van der Waals surface area contributed by atoms with Gasteiger partial charge in [-0.25, -0.2) is 9.53 Å². The van der Waals surface area contributed by atoms with Crippen molar-refractivity contribution in [1.82, 2.24) is 25.1 Å². The summed E-state index contributed by atoms with van der Waals surface area (Å²) in [6.45, 7) is 0. The summed E-state index contributed by atoms with van der Waals surface area (Å²) >= 11 is 6.99. The van der Waals surface area contributed by atoms with E-state index < -0.39 is 5.91 Å². The minimum atomic E-state index is -0.391. The quantitative estimate of drug-likeness (QED) is 0.467. The van der Waals surface area contributed by atoms with E-state index in [0.29, 0.717) is 21.3 Å². The second kappa shape index (κ2) is 7.32. The molecular formula is C19H12ClN7O2S. The average Bonchev–Trinajstić information content (AvgIpc) is 3.51. The Morgan fingerprint density at radius 2 is 1.87 bits per heavy atom. The molecule has 1 fully saturated rings. The van der Waals surface area contributed by atoms with Crippen LogP contribution in [0.15, 0.2) is 64.5 Å². The molecular weight excluding hydrogens is 426 g/mol. The summed E-state index contributed by atoms with van der Waals surface area (Å²) in [7, 11) is 0. The molecule has 0 aliphatic carbocycles. The fourth-order valence-corrected chi connectivity index (χ4v) is 3.99. The van der Waals surface area contributed by atoms with Gasteiger partial charge in [-0.3, -0.25) is 15.3 Å². The van der Waals surface area contributed by atoms with Gasteiger partial charge in [0.2, 0.25) is 11.6 Å². The van der Waals surface area contributed by atoms with Gasteiger partial charge in [-0.1, -0.05) is 23.7 Å². The number of anilines is 1. The van der Waals surface area contributed by atoms with E-state index in [-0.39, 0.29) is 11.0 Å². The molecule has 1 aliphatic rings. The van der Waals surface area contributed by atoms with Crippen molar-refractivity contribution in [2.24, 2.45) is 0 Å². The molecule has 9 nitrogen and oxygen atoms in total. The van der Waals surface area contributed by atoms with Crippen LogP contribution in [0, 0.1) is 5.41 Å². The van der Waals surface area contributed by atoms with Crippen molar-refractivity contribution in [3.8, 4) is 17.1 Å². The summed E-state index contributed by atoms with van der Waals surface area (Å²) in [5, 5.41) is 23.7. The molecule has 0 bridgehead atoms. The monoisotopic (exact) mass is 437 g/mol. The Morgan fingerprint density at radius 3 is 2.63 bits per heavy atom. The van der Waals surface area contributed by atoms with E-state index in [0.717, 1.165) is 23.0 Å². The zero-order chi connectivity index (χ0) is 20.7. The fraction of sp³-hybridized carbons (Fsp3) is 0. The van der Waals surface area contributed by atoms with Crippen LogP contribution in [-0.4, -0.2) is 36.2 Å². The van der Waals surface area contributed by atoms with E-state index in [2.05, 4.69) is 20.5 Å². The summed E-state index contributed by atoms with van der Waals surface area (Å²) in [6.07, 6.45) is 6.82. The lowest BCUT2D eigenvalue weighted by atomic mass is 10.1. The third-order valence-electron chi connectivity index (χ3n) is 4.43. The molecule has 5 rings (SSSR count). The number of carbonyl (C=O) groups is 1. The number of aromatic nitrogens is 5. The molecule has 0 saturated carbocycles. The Morgan fingerprint density at radius 1 is 1.13 bits per heavy atom. The van der Waals surface area contributed by atoms with Crippen molar-refractivity contribution < 1.29 is 9.42 Å². The highest BCUT2D eigenvalue weighted by Gasteiger charge is 2.38. The molecule has 2 N–H and O–H groups in total. The van der Waals surface area contributed by atoms with Gasteiger partial charge in [-0.05, 0) is 52.4 Å². The fourth-order valence-electron chi connectivity index (χ4n) is 3.03. The topological polar surface area (TPSA) is 117 Å². The van der Waals surface area contributed by atoms with Crippen LogP contribution in [0.25, 0.3) is 23.2 Å². The first kappa shape index (κ1) is 18.4. The van der Waals surface area contributed by atoms with Gasteiger partial charge in [0.15, 0.2) is 5.17 Å². The lowest BCUT2D eigenvalue weighted by Crippen LogP contribution is -2.29. The zero-order valence-electron chi connectivity index (χ0n) is 15.1. The van der Waals surface area contributed by atoms with E-state index in [1.165, 1.54) is 4.90 Å². The zero-order valence-corrected chi connectivity index (χ0v) is 16.7. The van der Waals surface area contributed by atoms with Gasteiger partial charge >= 0.3 is 0 Å². The van der Waals surface area contributed by atoms with Crippen LogP contribution in [-0.2, 0) is 4.79 Å². The van der Waals surface area contributed by atoms with Gasteiger partial charge in [-0.2, -0.15) is 5.10 Å². The van der Waals surface area contributed by atoms with Gasteiger partial charge < -0.3 is 4.57 Å². The Bertz CT molecular complexity index is 1270. The second-order valence-electron chi connectivity index (χ2n) is 6.27. The lowest BCUT2D eigenvalue weighted by Gasteiger charge is -2.11. The van der Waals surface area contributed by atoms with E-state index in [1.54, 1.807) is 41.4 Å². The highest BCUT2D eigenvalue weighted by molar-refractivity contribution is 8.19. The van der Waals surface area contributed by atoms with Crippen molar-refractivity contribution in [3.63, 3.8) is 0 Å². The van der Waals surface area contributed by atoms with Crippen LogP contribution in [0.4, 0.5) is 5.82 Å². The third kappa shape index (κ3) is 3.11. The van der Waals surface area contributed by atoms with E-state index in [4.69, 9.17) is 21.6 Å². The minimum absolute atomic E-state index is 0.00638. The smallest absolute Gasteiger partial charge is 0.272 e. The van der Waals surface area contributed by atoms with E-state index in [9.17, 15) is 4.79 Å². The molecule has 0 radical (unpaired) electrons. The maximum atomic E-state index is 13.1. The molecule has 3 aromatic heterocycles. The molecule has 4 aromatic rings. The number of benzene rings is 1. The molecule has 1 amide bonds. The largest absolute Gasteiger partial charge is 0.303 e. The second-order valence-corrected chi connectivity index (χ2v) is 7.73. The van der Waals surface area contributed by atoms with Crippen molar-refractivity contribution in [1.29, 1.82) is 5.41 Å². The minimum Gasteiger partial charge on any atom is -0.303 e. The average molecular weight is 438 g/mol. The molecule has 0 spiro atoms. The highest BCUT2D eigenvalue weighted by Crippen LogP contribution is 2.37. The number of nitrogens with zero attached hydrogens (tertiary/aromatic N) is 5. The molecule has 0 atom stereocenters. The highest BCUT2D eigenvalue weighted by atomic mass is 35.5. The Hall–Kier alpha value is -3.63. The van der Waals surface area contributed by atoms with Crippen LogP contribution in [0.5, 0.6) is 0 Å². The number of thioether (sulfide) groups is 1. The first-order chi connectivity index (χ1) is 14.6. The summed E-state index contributed by atoms with van der Waals surface area (Å²) in [5.74, 6) is 0.0877. The molecule has 11 heteroatoms. The van der Waals surface area contributed by atoms with E-state index >= 15 is 0 Å². The Balaban J connectivity index is 1.49. The summed E-state index contributed by atoms with van der Waals surface area (Å²) < 4.78 is 6.50. The molecule has 1 saturated heterocycles. The normalized spacial score (nSPS) is 15.5. The molecule has 30 heavy (non-hydrogen) atoms. The van der Waals surface area contributed by atoms with Crippen LogP contribution < -0.4 is 4.90 Å². The summed E-state index contributed by atoms with van der Waals surface area (Å²) in [5.41, 5.74) is 2.34. The van der Waals surface area contributed by atoms with Crippen LogP contribution >= 0.6 is 23.4 Å². The van der Waals surface area contributed by atoms with Gasteiger partial charge in [0.25, 0.3) is 5.91 Å². The molecule has 148 valence electrons. The standard InChI is InChI=1S/C19H12ClN7O2S/c20-13-5-3-11(4-6-13)15-12(10-22-23-15)9-14-18(28)27(19(21)30-14)17-16(24-29-25-17)26-7-1-2-8-26/h1-10,21H,(H,22,23). The number of rotatable bonds is 4. The first-order valence-corrected chi connectivity index (χ1v) is 9.89. The van der Waals surface area contributed by atoms with Crippen LogP contribution in [0.1, 0.15) is 5.56 Å². The number of amidine groups is 1. The number of halogens is 1. The number of nitrogens with one attached hydrogen (secondary N) is 2. The third-order valence-corrected chi connectivity index (χ3v) is 5.57. The van der Waals surface area contributed by atoms with Gasteiger partial charge in [-0.15, -0.1) is 0 Å². The van der Waals surface area contributed by atoms with Crippen molar-refractivity contribution >= 4 is 46.3 Å². The van der Waals surface area contributed by atoms with Gasteiger partial charge in [0.05, 0.1) is 16.8 Å². The number of carbonyl (C=O) groups excluding carboxylic acids is 1. The van der Waals surface area contributed by atoms with Crippen molar-refractivity contribution in [3.05, 3.63) is 70.5 Å². The number of H-pyrrole nitrogens is 1. The van der Waals surface area contributed by atoms with Crippen LogP contribution in [0.3, 0.4) is 0 Å². The molecule has 0 unspecified atom stereocenters. The predicted octanol–water partition coefficient (Wildman–Crippen LogP) is 3.96. The number of hydrogen-bond donors (Lipinski definition) is 2. The number of hydrogen-bond acceptors (Lipinski definition) is 7. The maximum Gasteiger partial charge on any atom is 0.272 e. The maximum absolute atomic E-state index is 13.1. The Kier molecular flexibility index (Phi) is 4.49. The van der Waals surface area contributed by atoms with Crippen LogP contribution in [0.2, 0.25) is 5.02 Å². The van der Waals surface area contributed by atoms with Gasteiger partial charge in [0.1, 0.15) is 0 Å². The van der Waals surface area contributed by atoms with Crippen molar-refractivity contribution in [2.75, 3.05) is 4.90 Å². The molecule has 4 heterocycles. The summed E-state index contributed by atoms with van der Waals surface area (Å²) in [4.78, 5) is 14.6. The van der Waals surface area contributed by atoms with E-state index in [1.807, 2.05) is 24.3 Å². The lowest BCUT2D eigenvalue weighted by molar-refractivity contribution is -0.113. The van der Waals surface area contributed by atoms with Gasteiger partial charge in [0, 0.05) is 28.5 Å². The predicted molar refractivity (Wildman–Crippen MR) is 113 cm³/mol. The van der Waals surface area contributed by atoms with Crippen molar-refractivity contribution in [2.45, 2.75) is 0 Å².